The Morgan fingerprint density at radius 1 is 1.70 bits per heavy atom. The molecule has 0 saturated carbocycles. The van der Waals surface area contributed by atoms with E-state index in [1.54, 1.807) is 0 Å². The van der Waals surface area contributed by atoms with Crippen LogP contribution in [0.4, 0.5) is 0 Å². The van der Waals surface area contributed by atoms with Gasteiger partial charge >= 0.3 is 0 Å². The SMILES string of the molecule is CNCCC(=O)SCCN. The van der Waals surface area contributed by atoms with Crippen LogP contribution in [-0.2, 0) is 4.79 Å². The Hall–Kier alpha value is -0.0600. The largest absolute Gasteiger partial charge is 0.330 e. The first-order chi connectivity index (χ1) is 4.81. The third-order valence-corrected chi connectivity index (χ3v) is 1.93. The summed E-state index contributed by atoms with van der Waals surface area (Å²) in [6.07, 6.45) is 0.598. The van der Waals surface area contributed by atoms with Crippen LogP contribution in [0.5, 0.6) is 0 Å². The molecule has 3 N–H and O–H groups in total. The first-order valence-electron chi connectivity index (χ1n) is 3.31. The molecule has 0 spiro atoms. The second kappa shape index (κ2) is 7.05. The minimum absolute atomic E-state index is 0.222. The molecular formula is C6H14N2OS. The highest BCUT2D eigenvalue weighted by Gasteiger charge is 1.98. The fourth-order valence-corrected chi connectivity index (χ4v) is 1.06. The van der Waals surface area contributed by atoms with Crippen molar-refractivity contribution in [2.45, 2.75) is 6.42 Å². The molecule has 4 heteroatoms. The molecule has 0 saturated heterocycles. The fourth-order valence-electron chi connectivity index (χ4n) is 0.472. The third-order valence-electron chi connectivity index (χ3n) is 0.960. The zero-order valence-electron chi connectivity index (χ0n) is 6.22. The van der Waals surface area contributed by atoms with E-state index < -0.39 is 0 Å². The molecular weight excluding hydrogens is 148 g/mol. The number of rotatable bonds is 5. The van der Waals surface area contributed by atoms with Gasteiger partial charge in [0.25, 0.3) is 0 Å². The summed E-state index contributed by atoms with van der Waals surface area (Å²) >= 11 is 1.31. The molecule has 0 fully saturated rings. The van der Waals surface area contributed by atoms with E-state index in [0.29, 0.717) is 13.0 Å². The number of nitrogens with one attached hydrogen (secondary N) is 1. The van der Waals surface area contributed by atoms with E-state index in [0.717, 1.165) is 12.3 Å². The lowest BCUT2D eigenvalue weighted by atomic mass is 10.5. The molecule has 0 aromatic rings. The van der Waals surface area contributed by atoms with Crippen molar-refractivity contribution < 1.29 is 4.79 Å². The molecule has 0 aliphatic rings. The van der Waals surface area contributed by atoms with E-state index in [2.05, 4.69) is 5.32 Å². The van der Waals surface area contributed by atoms with E-state index in [-0.39, 0.29) is 5.12 Å². The van der Waals surface area contributed by atoms with Crippen LogP contribution in [0, 0.1) is 0 Å². The molecule has 10 heavy (non-hydrogen) atoms. The van der Waals surface area contributed by atoms with E-state index >= 15 is 0 Å². The summed E-state index contributed by atoms with van der Waals surface area (Å²) in [7, 11) is 1.83. The first-order valence-corrected chi connectivity index (χ1v) is 4.30. The lowest BCUT2D eigenvalue weighted by Gasteiger charge is -1.97. The zero-order valence-corrected chi connectivity index (χ0v) is 7.04. The summed E-state index contributed by atoms with van der Waals surface area (Å²) in [5.41, 5.74) is 5.22. The summed E-state index contributed by atoms with van der Waals surface area (Å²) in [5, 5.41) is 3.13. The van der Waals surface area contributed by atoms with Gasteiger partial charge in [-0.3, -0.25) is 4.79 Å². The minimum Gasteiger partial charge on any atom is -0.330 e. The van der Waals surface area contributed by atoms with Crippen molar-refractivity contribution in [2.75, 3.05) is 25.9 Å². The molecule has 0 atom stereocenters. The number of hydrogen-bond acceptors (Lipinski definition) is 4. The van der Waals surface area contributed by atoms with E-state index in [4.69, 9.17) is 5.73 Å². The lowest BCUT2D eigenvalue weighted by molar-refractivity contribution is -0.110. The Morgan fingerprint density at radius 3 is 2.90 bits per heavy atom. The predicted octanol–water partition coefficient (Wildman–Crippen LogP) is -0.186. The van der Waals surface area contributed by atoms with E-state index in [9.17, 15) is 4.79 Å². The molecule has 0 amide bonds. The van der Waals surface area contributed by atoms with Crippen LogP contribution < -0.4 is 11.1 Å². The molecule has 0 bridgehead atoms. The summed E-state index contributed by atoms with van der Waals surface area (Å²) < 4.78 is 0. The van der Waals surface area contributed by atoms with E-state index in [1.807, 2.05) is 7.05 Å². The standard InChI is InChI=1S/C6H14N2OS/c1-8-4-2-6(9)10-5-3-7/h8H,2-5,7H2,1H3. The van der Waals surface area contributed by atoms with Crippen molar-refractivity contribution in [3.8, 4) is 0 Å². The molecule has 0 aliphatic carbocycles. The first kappa shape index (κ1) is 9.94. The smallest absolute Gasteiger partial charge is 0.190 e. The minimum atomic E-state index is 0.222. The number of carbonyl (C=O) groups excluding carboxylic acids is 1. The van der Waals surface area contributed by atoms with Gasteiger partial charge in [0.05, 0.1) is 0 Å². The number of hydrogen-bond donors (Lipinski definition) is 2. The van der Waals surface area contributed by atoms with Gasteiger partial charge in [-0.2, -0.15) is 0 Å². The number of carbonyl (C=O) groups is 1. The maximum Gasteiger partial charge on any atom is 0.190 e. The van der Waals surface area contributed by atoms with Gasteiger partial charge in [0.2, 0.25) is 0 Å². The molecule has 0 radical (unpaired) electrons. The van der Waals surface area contributed by atoms with Crippen LogP contribution in [0.15, 0.2) is 0 Å². The topological polar surface area (TPSA) is 55.1 Å². The molecule has 0 aromatic carbocycles. The average molecular weight is 162 g/mol. The monoisotopic (exact) mass is 162 g/mol. The zero-order chi connectivity index (χ0) is 7.82. The van der Waals surface area contributed by atoms with Crippen LogP contribution in [0.3, 0.4) is 0 Å². The van der Waals surface area contributed by atoms with Crippen LogP contribution in [0.25, 0.3) is 0 Å². The Balaban J connectivity index is 3.09. The van der Waals surface area contributed by atoms with Crippen LogP contribution >= 0.6 is 11.8 Å². The maximum absolute atomic E-state index is 10.8. The maximum atomic E-state index is 10.8. The van der Waals surface area contributed by atoms with Crippen molar-refractivity contribution in [1.82, 2.24) is 5.32 Å². The van der Waals surface area contributed by atoms with Gasteiger partial charge in [0.15, 0.2) is 5.12 Å². The molecule has 0 heterocycles. The third kappa shape index (κ3) is 6.07. The second-order valence-electron chi connectivity index (χ2n) is 1.86. The summed E-state index contributed by atoms with van der Waals surface area (Å²) in [6.45, 7) is 1.34. The Morgan fingerprint density at radius 2 is 2.40 bits per heavy atom. The van der Waals surface area contributed by atoms with Gasteiger partial charge in [-0.15, -0.1) is 0 Å². The number of nitrogens with two attached hydrogens (primary N) is 1. The summed E-state index contributed by atoms with van der Waals surface area (Å²) in [4.78, 5) is 10.8. The molecule has 0 rings (SSSR count). The van der Waals surface area contributed by atoms with Crippen LogP contribution in [0.2, 0.25) is 0 Å². The highest BCUT2D eigenvalue weighted by Crippen LogP contribution is 2.02. The Labute approximate surface area is 65.7 Å². The Bertz CT molecular complexity index is 87.7. The lowest BCUT2D eigenvalue weighted by Crippen LogP contribution is -2.12. The Kier molecular flexibility index (Phi) is 7.01. The van der Waals surface area contributed by atoms with Crippen LogP contribution in [0.1, 0.15) is 6.42 Å². The van der Waals surface area contributed by atoms with Gasteiger partial charge in [0, 0.05) is 25.3 Å². The fraction of sp³-hybridized carbons (Fsp3) is 0.833. The average Bonchev–Trinajstić information content (AvgIpc) is 1.97. The van der Waals surface area contributed by atoms with Crippen molar-refractivity contribution in [3.63, 3.8) is 0 Å². The molecule has 3 nitrogen and oxygen atoms in total. The predicted molar refractivity (Wildman–Crippen MR) is 45.1 cm³/mol. The summed E-state index contributed by atoms with van der Waals surface area (Å²) in [5.74, 6) is 0.739. The second-order valence-corrected chi connectivity index (χ2v) is 3.01. The normalized spacial score (nSPS) is 9.80. The highest BCUT2D eigenvalue weighted by atomic mass is 32.2. The van der Waals surface area contributed by atoms with E-state index in [1.165, 1.54) is 11.8 Å². The van der Waals surface area contributed by atoms with Gasteiger partial charge in [0.1, 0.15) is 0 Å². The van der Waals surface area contributed by atoms with Gasteiger partial charge < -0.3 is 11.1 Å². The van der Waals surface area contributed by atoms with Crippen LogP contribution in [-0.4, -0.2) is 31.0 Å². The molecule has 0 unspecified atom stereocenters. The summed E-state index contributed by atoms with van der Waals surface area (Å²) in [6, 6.07) is 0. The molecule has 60 valence electrons. The highest BCUT2D eigenvalue weighted by molar-refractivity contribution is 8.13. The van der Waals surface area contributed by atoms with Gasteiger partial charge in [-0.25, -0.2) is 0 Å². The molecule has 0 aliphatic heterocycles. The number of thioether (sulfide) groups is 1. The van der Waals surface area contributed by atoms with Crippen molar-refractivity contribution >= 4 is 16.9 Å². The van der Waals surface area contributed by atoms with Crippen molar-refractivity contribution in [3.05, 3.63) is 0 Å². The van der Waals surface area contributed by atoms with Gasteiger partial charge in [-0.1, -0.05) is 11.8 Å². The van der Waals surface area contributed by atoms with Gasteiger partial charge in [-0.05, 0) is 7.05 Å². The quantitative estimate of drug-likeness (QED) is 0.588. The van der Waals surface area contributed by atoms with Crippen molar-refractivity contribution in [1.29, 1.82) is 0 Å². The molecule has 0 aromatic heterocycles. The van der Waals surface area contributed by atoms with Crippen molar-refractivity contribution in [2.24, 2.45) is 5.73 Å².